The van der Waals surface area contributed by atoms with Crippen LogP contribution in [0.5, 0.6) is 11.5 Å². The summed E-state index contributed by atoms with van der Waals surface area (Å²) < 4.78 is 15.2. The first-order chi connectivity index (χ1) is 13.8. The van der Waals surface area contributed by atoms with Crippen molar-refractivity contribution in [3.8, 4) is 11.5 Å². The predicted octanol–water partition coefficient (Wildman–Crippen LogP) is 3.12. The average molecular weight is 400 g/mol. The standard InChI is InChI=1S/C20H20N2O7/c1-13-4-6-15(22(25)26)11-17(13)21-19(23)12-29-20(24)9-5-14-10-16(27-2)7-8-18(14)28-3/h4-11H,12H2,1-3H3,(H,21,23)/b9-5+. The first-order valence-corrected chi connectivity index (χ1v) is 8.45. The van der Waals surface area contributed by atoms with Gasteiger partial charge in [0, 0.05) is 23.8 Å². The van der Waals surface area contributed by atoms with Gasteiger partial charge in [-0.25, -0.2) is 4.79 Å². The number of esters is 1. The van der Waals surface area contributed by atoms with Crippen LogP contribution in [0.15, 0.2) is 42.5 Å². The van der Waals surface area contributed by atoms with Crippen molar-refractivity contribution in [3.05, 3.63) is 63.7 Å². The first-order valence-electron chi connectivity index (χ1n) is 8.45. The lowest BCUT2D eigenvalue weighted by Gasteiger charge is -2.08. The molecule has 0 fully saturated rings. The lowest BCUT2D eigenvalue weighted by atomic mass is 10.1. The number of amides is 1. The molecule has 0 aromatic heterocycles. The van der Waals surface area contributed by atoms with Gasteiger partial charge in [0.2, 0.25) is 0 Å². The summed E-state index contributed by atoms with van der Waals surface area (Å²) in [7, 11) is 3.02. The number of nitrogens with one attached hydrogen (secondary N) is 1. The molecule has 0 heterocycles. The predicted molar refractivity (Wildman–Crippen MR) is 106 cm³/mol. The molecule has 0 saturated heterocycles. The van der Waals surface area contributed by atoms with Crippen molar-refractivity contribution in [2.75, 3.05) is 26.1 Å². The van der Waals surface area contributed by atoms with Crippen LogP contribution in [0.1, 0.15) is 11.1 Å². The Morgan fingerprint density at radius 1 is 1.14 bits per heavy atom. The molecule has 0 saturated carbocycles. The summed E-state index contributed by atoms with van der Waals surface area (Å²) in [5.74, 6) is -0.227. The average Bonchev–Trinajstić information content (AvgIpc) is 2.71. The molecular weight excluding hydrogens is 380 g/mol. The van der Waals surface area contributed by atoms with Gasteiger partial charge in [-0.15, -0.1) is 0 Å². The largest absolute Gasteiger partial charge is 0.497 e. The Labute approximate surface area is 167 Å². The zero-order chi connectivity index (χ0) is 21.4. The Morgan fingerprint density at radius 2 is 1.90 bits per heavy atom. The SMILES string of the molecule is COc1ccc(OC)c(/C=C/C(=O)OCC(=O)Nc2cc([N+](=O)[O-])ccc2C)c1. The van der Waals surface area contributed by atoms with Crippen molar-refractivity contribution in [1.29, 1.82) is 0 Å². The molecule has 0 unspecified atom stereocenters. The van der Waals surface area contributed by atoms with Crippen LogP contribution in [0.2, 0.25) is 0 Å². The number of aryl methyl sites for hydroxylation is 1. The minimum absolute atomic E-state index is 0.155. The number of hydrogen-bond acceptors (Lipinski definition) is 7. The van der Waals surface area contributed by atoms with E-state index >= 15 is 0 Å². The van der Waals surface area contributed by atoms with Crippen LogP contribution < -0.4 is 14.8 Å². The number of anilines is 1. The molecule has 9 heteroatoms. The minimum atomic E-state index is -0.735. The highest BCUT2D eigenvalue weighted by Gasteiger charge is 2.12. The van der Waals surface area contributed by atoms with E-state index in [0.29, 0.717) is 22.6 Å². The highest BCUT2D eigenvalue weighted by atomic mass is 16.6. The van der Waals surface area contributed by atoms with Crippen molar-refractivity contribution in [2.45, 2.75) is 6.92 Å². The molecule has 0 bridgehead atoms. The molecule has 2 aromatic carbocycles. The van der Waals surface area contributed by atoms with Crippen LogP contribution in [0, 0.1) is 17.0 Å². The van der Waals surface area contributed by atoms with Gasteiger partial charge in [-0.1, -0.05) is 6.07 Å². The second kappa shape index (κ2) is 9.88. The fraction of sp³-hybridized carbons (Fsp3) is 0.200. The van der Waals surface area contributed by atoms with Gasteiger partial charge in [0.05, 0.1) is 24.8 Å². The lowest BCUT2D eigenvalue weighted by molar-refractivity contribution is -0.384. The van der Waals surface area contributed by atoms with Gasteiger partial charge in [0.15, 0.2) is 6.61 Å². The number of rotatable bonds is 8. The van der Waals surface area contributed by atoms with Gasteiger partial charge in [-0.05, 0) is 36.8 Å². The molecule has 0 atom stereocenters. The van der Waals surface area contributed by atoms with Gasteiger partial charge in [0.25, 0.3) is 11.6 Å². The molecule has 0 aliphatic rings. The highest BCUT2D eigenvalue weighted by Crippen LogP contribution is 2.25. The van der Waals surface area contributed by atoms with Gasteiger partial charge in [-0.2, -0.15) is 0 Å². The summed E-state index contributed by atoms with van der Waals surface area (Å²) in [6, 6.07) is 9.19. The summed E-state index contributed by atoms with van der Waals surface area (Å²) in [6.07, 6.45) is 2.63. The fourth-order valence-electron chi connectivity index (χ4n) is 2.36. The molecule has 0 spiro atoms. The Hall–Kier alpha value is -3.88. The molecular formula is C20H20N2O7. The van der Waals surface area contributed by atoms with E-state index in [2.05, 4.69) is 5.32 Å². The quantitative estimate of drug-likeness (QED) is 0.313. The van der Waals surface area contributed by atoms with E-state index in [-0.39, 0.29) is 11.4 Å². The van der Waals surface area contributed by atoms with E-state index in [1.54, 1.807) is 25.1 Å². The molecule has 29 heavy (non-hydrogen) atoms. The van der Waals surface area contributed by atoms with E-state index < -0.39 is 23.4 Å². The number of nitro groups is 1. The van der Waals surface area contributed by atoms with E-state index in [1.165, 1.54) is 38.5 Å². The number of carbonyl (C=O) groups excluding carboxylic acids is 2. The molecule has 1 N–H and O–H groups in total. The molecule has 0 radical (unpaired) electrons. The normalized spacial score (nSPS) is 10.4. The second-order valence-corrected chi connectivity index (χ2v) is 5.85. The third kappa shape index (κ3) is 6.06. The maximum absolute atomic E-state index is 12.0. The van der Waals surface area contributed by atoms with Crippen molar-refractivity contribution in [2.24, 2.45) is 0 Å². The van der Waals surface area contributed by atoms with Gasteiger partial charge in [0.1, 0.15) is 11.5 Å². The van der Waals surface area contributed by atoms with Crippen molar-refractivity contribution >= 4 is 29.3 Å². The highest BCUT2D eigenvalue weighted by molar-refractivity contribution is 5.95. The summed E-state index contributed by atoms with van der Waals surface area (Å²) >= 11 is 0. The smallest absolute Gasteiger partial charge is 0.331 e. The third-order valence-corrected chi connectivity index (χ3v) is 3.89. The molecule has 152 valence electrons. The van der Waals surface area contributed by atoms with Crippen molar-refractivity contribution < 1.29 is 28.7 Å². The minimum Gasteiger partial charge on any atom is -0.497 e. The van der Waals surface area contributed by atoms with E-state index in [0.717, 1.165) is 6.08 Å². The number of nitrogens with zero attached hydrogens (tertiary/aromatic N) is 1. The van der Waals surface area contributed by atoms with Crippen LogP contribution in [0.4, 0.5) is 11.4 Å². The molecule has 0 aliphatic heterocycles. The molecule has 0 aliphatic carbocycles. The zero-order valence-electron chi connectivity index (χ0n) is 16.1. The third-order valence-electron chi connectivity index (χ3n) is 3.89. The monoisotopic (exact) mass is 400 g/mol. The number of carbonyl (C=O) groups is 2. The topological polar surface area (TPSA) is 117 Å². The van der Waals surface area contributed by atoms with E-state index in [1.807, 2.05) is 0 Å². The molecule has 9 nitrogen and oxygen atoms in total. The number of methoxy groups -OCH3 is 2. The van der Waals surface area contributed by atoms with E-state index in [9.17, 15) is 19.7 Å². The van der Waals surface area contributed by atoms with Gasteiger partial charge < -0.3 is 19.5 Å². The van der Waals surface area contributed by atoms with Crippen LogP contribution >= 0.6 is 0 Å². The second-order valence-electron chi connectivity index (χ2n) is 5.85. The Balaban J connectivity index is 1.96. The molecule has 1 amide bonds. The van der Waals surface area contributed by atoms with Crippen molar-refractivity contribution in [3.63, 3.8) is 0 Å². The van der Waals surface area contributed by atoms with Crippen LogP contribution in [0.3, 0.4) is 0 Å². The number of non-ortho nitro benzene ring substituents is 1. The number of hydrogen-bond donors (Lipinski definition) is 1. The first kappa shape index (κ1) is 21.4. The maximum atomic E-state index is 12.0. The summed E-state index contributed by atoms with van der Waals surface area (Å²) in [4.78, 5) is 34.2. The Morgan fingerprint density at radius 3 is 2.55 bits per heavy atom. The number of nitro benzene ring substituents is 1. The molecule has 2 rings (SSSR count). The molecule has 2 aromatic rings. The Bertz CT molecular complexity index is 954. The van der Waals surface area contributed by atoms with E-state index in [4.69, 9.17) is 14.2 Å². The lowest BCUT2D eigenvalue weighted by Crippen LogP contribution is -2.20. The van der Waals surface area contributed by atoms with Crippen LogP contribution in [-0.4, -0.2) is 37.6 Å². The summed E-state index contributed by atoms with van der Waals surface area (Å²) in [5, 5.41) is 13.3. The van der Waals surface area contributed by atoms with Crippen LogP contribution in [-0.2, 0) is 14.3 Å². The fourth-order valence-corrected chi connectivity index (χ4v) is 2.36. The summed E-state index contributed by atoms with van der Waals surface area (Å²) in [5.41, 5.74) is 1.36. The van der Waals surface area contributed by atoms with Crippen LogP contribution in [0.25, 0.3) is 6.08 Å². The number of ether oxygens (including phenoxy) is 3. The maximum Gasteiger partial charge on any atom is 0.331 e. The van der Waals surface area contributed by atoms with Gasteiger partial charge in [-0.3, -0.25) is 14.9 Å². The van der Waals surface area contributed by atoms with Crippen molar-refractivity contribution in [1.82, 2.24) is 0 Å². The number of benzene rings is 2. The summed E-state index contributed by atoms with van der Waals surface area (Å²) in [6.45, 7) is 1.15. The zero-order valence-corrected chi connectivity index (χ0v) is 16.1. The Kier molecular flexibility index (Phi) is 7.30. The van der Waals surface area contributed by atoms with Gasteiger partial charge >= 0.3 is 5.97 Å².